The molecule has 144 valence electrons. The van der Waals surface area contributed by atoms with Gasteiger partial charge in [-0.25, -0.2) is 8.42 Å². The van der Waals surface area contributed by atoms with Crippen LogP contribution in [0.2, 0.25) is 0 Å². The zero-order chi connectivity index (χ0) is 19.3. The molecule has 1 aliphatic rings. The lowest BCUT2D eigenvalue weighted by atomic mass is 10.0. The van der Waals surface area contributed by atoms with Crippen molar-refractivity contribution < 1.29 is 18.0 Å². The standard InChI is InChI=1S/C17H24BrN3O4S/c1-3-19-16(22)12(2)20-17(23)15-6-4-5-11-21(15)26(24,25)14-9-7-13(18)8-10-14/h7-10,12,15H,3-6,11H2,1-2H3,(H,19,22)(H,20,23). The molecule has 0 radical (unpaired) electrons. The van der Waals surface area contributed by atoms with E-state index in [1.807, 2.05) is 0 Å². The second-order valence-corrected chi connectivity index (χ2v) is 9.01. The molecule has 2 unspecified atom stereocenters. The first-order valence-corrected chi connectivity index (χ1v) is 10.9. The van der Waals surface area contributed by atoms with Gasteiger partial charge >= 0.3 is 0 Å². The fraction of sp³-hybridized carbons (Fsp3) is 0.529. The average molecular weight is 446 g/mol. The molecule has 0 spiro atoms. The Kier molecular flexibility index (Phi) is 7.19. The molecule has 1 aromatic carbocycles. The molecule has 2 atom stereocenters. The van der Waals surface area contributed by atoms with E-state index in [0.717, 1.165) is 10.9 Å². The molecule has 2 N–H and O–H groups in total. The average Bonchev–Trinajstić information content (AvgIpc) is 2.62. The molecule has 0 aliphatic carbocycles. The lowest BCUT2D eigenvalue weighted by Crippen LogP contribution is -2.55. The first-order chi connectivity index (χ1) is 12.3. The summed E-state index contributed by atoms with van der Waals surface area (Å²) < 4.78 is 28.0. The lowest BCUT2D eigenvalue weighted by Gasteiger charge is -2.34. The molecule has 1 fully saturated rings. The molecule has 0 saturated carbocycles. The van der Waals surface area contributed by atoms with Gasteiger partial charge in [0, 0.05) is 17.6 Å². The number of carbonyl (C=O) groups excluding carboxylic acids is 2. The van der Waals surface area contributed by atoms with Gasteiger partial charge in [0.2, 0.25) is 21.8 Å². The van der Waals surface area contributed by atoms with E-state index in [4.69, 9.17) is 0 Å². The van der Waals surface area contributed by atoms with Crippen LogP contribution in [0.4, 0.5) is 0 Å². The van der Waals surface area contributed by atoms with Crippen LogP contribution in [0.25, 0.3) is 0 Å². The predicted molar refractivity (Wildman–Crippen MR) is 102 cm³/mol. The van der Waals surface area contributed by atoms with Crippen molar-refractivity contribution in [3.63, 3.8) is 0 Å². The molecule has 7 nitrogen and oxygen atoms in total. The Hall–Kier alpha value is -1.45. The molecule has 1 saturated heterocycles. The molecule has 1 heterocycles. The molecule has 1 aromatic rings. The van der Waals surface area contributed by atoms with E-state index in [1.54, 1.807) is 26.0 Å². The van der Waals surface area contributed by atoms with E-state index in [-0.39, 0.29) is 17.3 Å². The lowest BCUT2D eigenvalue weighted by molar-refractivity contribution is -0.131. The van der Waals surface area contributed by atoms with Crippen molar-refractivity contribution in [2.75, 3.05) is 13.1 Å². The van der Waals surface area contributed by atoms with Gasteiger partial charge in [-0.2, -0.15) is 4.31 Å². The van der Waals surface area contributed by atoms with Crippen molar-refractivity contribution in [1.29, 1.82) is 0 Å². The summed E-state index contributed by atoms with van der Waals surface area (Å²) in [6.07, 6.45) is 1.90. The Morgan fingerprint density at radius 1 is 1.27 bits per heavy atom. The Labute approximate surface area is 162 Å². The number of sulfonamides is 1. The second kappa shape index (κ2) is 8.96. The van der Waals surface area contributed by atoms with Crippen LogP contribution >= 0.6 is 15.9 Å². The minimum atomic E-state index is -3.79. The SMILES string of the molecule is CCNC(=O)C(C)NC(=O)C1CCCCN1S(=O)(=O)c1ccc(Br)cc1. The van der Waals surface area contributed by atoms with Crippen LogP contribution in [-0.2, 0) is 19.6 Å². The van der Waals surface area contributed by atoms with Crippen LogP contribution in [0.5, 0.6) is 0 Å². The summed E-state index contributed by atoms with van der Waals surface area (Å²) in [4.78, 5) is 24.6. The quantitative estimate of drug-likeness (QED) is 0.695. The molecular formula is C17H24BrN3O4S. The summed E-state index contributed by atoms with van der Waals surface area (Å²) in [6, 6.07) is 4.81. The monoisotopic (exact) mass is 445 g/mol. The minimum absolute atomic E-state index is 0.150. The van der Waals surface area contributed by atoms with Crippen molar-refractivity contribution in [1.82, 2.24) is 14.9 Å². The maximum atomic E-state index is 13.0. The summed E-state index contributed by atoms with van der Waals surface area (Å²) in [7, 11) is -3.79. The smallest absolute Gasteiger partial charge is 0.243 e. The third-order valence-electron chi connectivity index (χ3n) is 4.28. The highest BCUT2D eigenvalue weighted by Crippen LogP contribution is 2.26. The van der Waals surface area contributed by atoms with E-state index < -0.39 is 28.0 Å². The second-order valence-electron chi connectivity index (χ2n) is 6.21. The highest BCUT2D eigenvalue weighted by atomic mass is 79.9. The largest absolute Gasteiger partial charge is 0.355 e. The highest BCUT2D eigenvalue weighted by molar-refractivity contribution is 9.10. The number of amides is 2. The van der Waals surface area contributed by atoms with E-state index in [2.05, 4.69) is 26.6 Å². The van der Waals surface area contributed by atoms with Gasteiger partial charge in [0.05, 0.1) is 4.90 Å². The van der Waals surface area contributed by atoms with Crippen LogP contribution in [0, 0.1) is 0 Å². The molecule has 9 heteroatoms. The highest BCUT2D eigenvalue weighted by Gasteiger charge is 2.38. The van der Waals surface area contributed by atoms with Gasteiger partial charge in [-0.05, 0) is 51.0 Å². The number of hydrogen-bond donors (Lipinski definition) is 2. The minimum Gasteiger partial charge on any atom is -0.355 e. The number of rotatable bonds is 6. The maximum absolute atomic E-state index is 13.0. The Morgan fingerprint density at radius 3 is 2.54 bits per heavy atom. The Morgan fingerprint density at radius 2 is 1.92 bits per heavy atom. The number of carbonyl (C=O) groups is 2. The van der Waals surface area contributed by atoms with Crippen LogP contribution in [0.15, 0.2) is 33.6 Å². The third kappa shape index (κ3) is 4.83. The predicted octanol–water partition coefficient (Wildman–Crippen LogP) is 1.63. The van der Waals surface area contributed by atoms with Gasteiger partial charge in [-0.3, -0.25) is 9.59 Å². The van der Waals surface area contributed by atoms with Gasteiger partial charge in [0.1, 0.15) is 12.1 Å². The van der Waals surface area contributed by atoms with Crippen molar-refractivity contribution >= 4 is 37.8 Å². The first kappa shape index (κ1) is 20.9. The van der Waals surface area contributed by atoms with Crippen LogP contribution < -0.4 is 10.6 Å². The Balaban J connectivity index is 2.19. The summed E-state index contributed by atoms with van der Waals surface area (Å²) >= 11 is 3.29. The van der Waals surface area contributed by atoms with Crippen LogP contribution in [0.3, 0.4) is 0 Å². The van der Waals surface area contributed by atoms with E-state index in [1.165, 1.54) is 16.4 Å². The van der Waals surface area contributed by atoms with Crippen molar-refractivity contribution in [2.24, 2.45) is 0 Å². The van der Waals surface area contributed by atoms with Crippen LogP contribution in [-0.4, -0.2) is 49.7 Å². The molecule has 0 bridgehead atoms. The number of likely N-dealkylation sites (N-methyl/N-ethyl adjacent to an activating group) is 1. The molecule has 26 heavy (non-hydrogen) atoms. The van der Waals surface area contributed by atoms with E-state index in [9.17, 15) is 18.0 Å². The fourth-order valence-corrected chi connectivity index (χ4v) is 4.82. The molecule has 0 aromatic heterocycles. The van der Waals surface area contributed by atoms with Crippen molar-refractivity contribution in [3.05, 3.63) is 28.7 Å². The normalized spacial score (nSPS) is 19.6. The number of hydrogen-bond acceptors (Lipinski definition) is 4. The third-order valence-corrected chi connectivity index (χ3v) is 6.73. The summed E-state index contributed by atoms with van der Waals surface area (Å²) in [6.45, 7) is 4.12. The number of nitrogens with one attached hydrogen (secondary N) is 2. The molecule has 2 amide bonds. The topological polar surface area (TPSA) is 95.6 Å². The van der Waals surface area contributed by atoms with E-state index in [0.29, 0.717) is 19.4 Å². The van der Waals surface area contributed by atoms with Gasteiger partial charge in [0.15, 0.2) is 0 Å². The van der Waals surface area contributed by atoms with Gasteiger partial charge in [0.25, 0.3) is 0 Å². The number of piperidine rings is 1. The zero-order valence-electron chi connectivity index (χ0n) is 14.9. The van der Waals surface area contributed by atoms with Crippen molar-refractivity contribution in [2.45, 2.75) is 50.1 Å². The molecule has 1 aliphatic heterocycles. The summed E-state index contributed by atoms with van der Waals surface area (Å²) in [5.41, 5.74) is 0. The van der Waals surface area contributed by atoms with Crippen molar-refractivity contribution in [3.8, 4) is 0 Å². The first-order valence-electron chi connectivity index (χ1n) is 8.63. The van der Waals surface area contributed by atoms with Gasteiger partial charge < -0.3 is 10.6 Å². The van der Waals surface area contributed by atoms with Crippen LogP contribution in [0.1, 0.15) is 33.1 Å². The summed E-state index contributed by atoms with van der Waals surface area (Å²) in [5.74, 6) is -0.733. The fourth-order valence-electron chi connectivity index (χ4n) is 2.90. The summed E-state index contributed by atoms with van der Waals surface area (Å²) in [5, 5.41) is 5.27. The zero-order valence-corrected chi connectivity index (χ0v) is 17.3. The molecular weight excluding hydrogens is 422 g/mol. The number of halogens is 1. The van der Waals surface area contributed by atoms with Gasteiger partial charge in [-0.1, -0.05) is 22.4 Å². The maximum Gasteiger partial charge on any atom is 0.243 e. The number of nitrogens with zero attached hydrogens (tertiary/aromatic N) is 1. The Bertz CT molecular complexity index is 752. The number of benzene rings is 1. The van der Waals surface area contributed by atoms with E-state index >= 15 is 0 Å². The van der Waals surface area contributed by atoms with Gasteiger partial charge in [-0.15, -0.1) is 0 Å². The molecule has 2 rings (SSSR count).